The third-order valence-electron chi connectivity index (χ3n) is 8.94. The molecule has 7 heteroatoms. The Balaban J connectivity index is 1.49. The normalized spacial score (nSPS) is 27.1. The second-order valence-corrected chi connectivity index (χ2v) is 11.2. The highest BCUT2D eigenvalue weighted by molar-refractivity contribution is 5.99. The highest BCUT2D eigenvalue weighted by Crippen LogP contribution is 2.43. The molecule has 0 spiro atoms. The van der Waals surface area contributed by atoms with Gasteiger partial charge in [-0.1, -0.05) is 25.0 Å². The number of ether oxygens (including phenoxy) is 1. The van der Waals surface area contributed by atoms with Gasteiger partial charge in [-0.2, -0.15) is 0 Å². The molecule has 0 unspecified atom stereocenters. The summed E-state index contributed by atoms with van der Waals surface area (Å²) in [5.74, 6) is -0.398. The molecule has 0 aromatic heterocycles. The van der Waals surface area contributed by atoms with E-state index in [0.29, 0.717) is 30.5 Å². The Morgan fingerprint density at radius 2 is 1.74 bits per heavy atom. The van der Waals surface area contributed by atoms with Gasteiger partial charge in [-0.3, -0.25) is 14.4 Å². The largest absolute Gasteiger partial charge is 0.368 e. The minimum absolute atomic E-state index is 0.00758. The maximum Gasteiger partial charge on any atom is 0.249 e. The van der Waals surface area contributed by atoms with Gasteiger partial charge >= 0.3 is 0 Å². The predicted molar refractivity (Wildman–Crippen MR) is 133 cm³/mol. The van der Waals surface area contributed by atoms with Crippen LogP contribution in [0, 0.1) is 5.92 Å². The van der Waals surface area contributed by atoms with Crippen LogP contribution in [0.15, 0.2) is 18.2 Å². The van der Waals surface area contributed by atoms with Crippen molar-refractivity contribution in [2.24, 2.45) is 11.7 Å². The molecular formula is C28H39N3O4. The zero-order valence-corrected chi connectivity index (χ0v) is 21.1. The van der Waals surface area contributed by atoms with Crippen molar-refractivity contribution in [1.82, 2.24) is 9.80 Å². The summed E-state index contributed by atoms with van der Waals surface area (Å²) in [6, 6.07) is 6.05. The molecular weight excluding hydrogens is 442 g/mol. The Morgan fingerprint density at radius 3 is 2.40 bits per heavy atom. The zero-order valence-electron chi connectivity index (χ0n) is 21.1. The van der Waals surface area contributed by atoms with E-state index in [4.69, 9.17) is 10.5 Å². The van der Waals surface area contributed by atoms with Crippen LogP contribution in [-0.4, -0.2) is 71.8 Å². The molecule has 3 saturated heterocycles. The summed E-state index contributed by atoms with van der Waals surface area (Å²) in [5.41, 5.74) is 8.26. The maximum atomic E-state index is 14.2. The van der Waals surface area contributed by atoms with Crippen molar-refractivity contribution < 1.29 is 19.1 Å². The van der Waals surface area contributed by atoms with Gasteiger partial charge in [0.15, 0.2) is 5.78 Å². The molecule has 3 heterocycles. The number of fused-ring (bicyclic) bond motifs is 1. The predicted octanol–water partition coefficient (Wildman–Crippen LogP) is 3.22. The van der Waals surface area contributed by atoms with Crippen molar-refractivity contribution in [3.05, 3.63) is 34.9 Å². The summed E-state index contributed by atoms with van der Waals surface area (Å²) in [7, 11) is 0. The van der Waals surface area contributed by atoms with E-state index >= 15 is 0 Å². The molecule has 7 nitrogen and oxygen atoms in total. The Morgan fingerprint density at radius 1 is 1.03 bits per heavy atom. The molecule has 5 rings (SSSR count). The lowest BCUT2D eigenvalue weighted by molar-refractivity contribution is -0.138. The highest BCUT2D eigenvalue weighted by Gasteiger charge is 2.49. The van der Waals surface area contributed by atoms with Crippen molar-refractivity contribution in [3.63, 3.8) is 0 Å². The highest BCUT2D eigenvalue weighted by atomic mass is 16.5. The van der Waals surface area contributed by atoms with Crippen molar-refractivity contribution in [2.45, 2.75) is 88.8 Å². The van der Waals surface area contributed by atoms with Crippen LogP contribution in [0.4, 0.5) is 0 Å². The van der Waals surface area contributed by atoms with Crippen LogP contribution in [-0.2, 0) is 14.3 Å². The smallest absolute Gasteiger partial charge is 0.249 e. The minimum Gasteiger partial charge on any atom is -0.368 e. The van der Waals surface area contributed by atoms with Crippen LogP contribution >= 0.6 is 0 Å². The van der Waals surface area contributed by atoms with Crippen molar-refractivity contribution in [3.8, 4) is 0 Å². The SMILES string of the molecule is CC(C)N1CCC(c2ccc(C(N)=O)c([C@@H](C(=O)N3CC[C@H]4OCC(=O)[C@H]43)C3CCCC3)c2)CC1. The summed E-state index contributed by atoms with van der Waals surface area (Å²) < 4.78 is 5.64. The Labute approximate surface area is 208 Å². The lowest BCUT2D eigenvalue weighted by atomic mass is 9.78. The minimum atomic E-state index is -0.489. The summed E-state index contributed by atoms with van der Waals surface area (Å²) >= 11 is 0. The van der Waals surface area contributed by atoms with Gasteiger partial charge in [0.1, 0.15) is 12.6 Å². The van der Waals surface area contributed by atoms with E-state index in [0.717, 1.165) is 57.2 Å². The molecule has 35 heavy (non-hydrogen) atoms. The average molecular weight is 482 g/mol. The number of hydrogen-bond acceptors (Lipinski definition) is 5. The van der Waals surface area contributed by atoms with Crippen LogP contribution in [0.2, 0.25) is 0 Å². The number of carbonyl (C=O) groups excluding carboxylic acids is 3. The molecule has 4 fully saturated rings. The van der Waals surface area contributed by atoms with Gasteiger partial charge in [-0.05, 0) is 88.1 Å². The number of piperidine rings is 1. The number of benzene rings is 1. The van der Waals surface area contributed by atoms with E-state index in [1.165, 1.54) is 5.56 Å². The monoisotopic (exact) mass is 481 g/mol. The summed E-state index contributed by atoms with van der Waals surface area (Å²) in [6.07, 6.45) is 6.72. The summed E-state index contributed by atoms with van der Waals surface area (Å²) in [4.78, 5) is 43.5. The summed E-state index contributed by atoms with van der Waals surface area (Å²) in [6.45, 7) is 7.20. The first-order valence-corrected chi connectivity index (χ1v) is 13.5. The van der Waals surface area contributed by atoms with Crippen molar-refractivity contribution in [1.29, 1.82) is 0 Å². The Bertz CT molecular complexity index is 978. The number of amides is 2. The van der Waals surface area contributed by atoms with Crippen LogP contribution in [0.25, 0.3) is 0 Å². The fraction of sp³-hybridized carbons (Fsp3) is 0.679. The van der Waals surface area contributed by atoms with E-state index in [9.17, 15) is 14.4 Å². The molecule has 0 bridgehead atoms. The number of likely N-dealkylation sites (tertiary alicyclic amines) is 2. The Kier molecular flexibility index (Phi) is 6.99. The van der Waals surface area contributed by atoms with Gasteiger partial charge in [0.05, 0.1) is 12.0 Å². The first-order chi connectivity index (χ1) is 16.8. The van der Waals surface area contributed by atoms with Gasteiger partial charge in [0, 0.05) is 18.2 Å². The Hall–Kier alpha value is -2.25. The van der Waals surface area contributed by atoms with E-state index < -0.39 is 17.9 Å². The van der Waals surface area contributed by atoms with Gasteiger partial charge in [-0.15, -0.1) is 0 Å². The lowest BCUT2D eigenvalue weighted by Crippen LogP contribution is -2.45. The number of nitrogens with two attached hydrogens (primary N) is 1. The van der Waals surface area contributed by atoms with Crippen LogP contribution < -0.4 is 5.73 Å². The molecule has 0 radical (unpaired) electrons. The third-order valence-corrected chi connectivity index (χ3v) is 8.94. The quantitative estimate of drug-likeness (QED) is 0.674. The second kappa shape index (κ2) is 10.0. The molecule has 2 amide bonds. The van der Waals surface area contributed by atoms with Crippen LogP contribution in [0.1, 0.15) is 92.1 Å². The van der Waals surface area contributed by atoms with E-state index in [-0.39, 0.29) is 30.3 Å². The molecule has 3 atom stereocenters. The maximum absolute atomic E-state index is 14.2. The topological polar surface area (TPSA) is 92.9 Å². The standard InChI is InChI=1S/C28H39N3O4/c1-17(2)30-12-9-18(10-13-30)20-7-8-21(27(29)33)22(15-20)25(19-5-3-4-6-19)28(34)31-14-11-24-26(31)23(32)16-35-24/h7-8,15,17-19,24-26H,3-6,9-14,16H2,1-2H3,(H2,29,33)/t24-,25+,26-/m1/s1. The van der Waals surface area contributed by atoms with Crippen molar-refractivity contribution >= 4 is 17.6 Å². The first-order valence-electron chi connectivity index (χ1n) is 13.5. The molecule has 4 aliphatic rings. The summed E-state index contributed by atoms with van der Waals surface area (Å²) in [5, 5.41) is 0. The van der Waals surface area contributed by atoms with E-state index in [1.54, 1.807) is 4.90 Å². The number of Topliss-reactive ketones (excluding diaryl/α,β-unsaturated/α-hetero) is 1. The number of rotatable bonds is 6. The number of nitrogens with zero attached hydrogens (tertiary/aromatic N) is 2. The fourth-order valence-corrected chi connectivity index (χ4v) is 6.97. The molecule has 2 N–H and O–H groups in total. The number of carbonyl (C=O) groups is 3. The molecule has 1 saturated carbocycles. The van der Waals surface area contributed by atoms with Gasteiger partial charge < -0.3 is 20.3 Å². The van der Waals surface area contributed by atoms with Crippen molar-refractivity contribution in [2.75, 3.05) is 26.2 Å². The molecule has 1 aromatic rings. The molecule has 3 aliphatic heterocycles. The van der Waals surface area contributed by atoms with E-state index in [2.05, 4.69) is 24.8 Å². The van der Waals surface area contributed by atoms with Gasteiger partial charge in [0.25, 0.3) is 0 Å². The fourth-order valence-electron chi connectivity index (χ4n) is 6.97. The third kappa shape index (κ3) is 4.65. The lowest BCUT2D eigenvalue weighted by Gasteiger charge is -2.35. The number of ketones is 1. The molecule has 1 aliphatic carbocycles. The van der Waals surface area contributed by atoms with Crippen LogP contribution in [0.5, 0.6) is 0 Å². The van der Waals surface area contributed by atoms with Gasteiger partial charge in [0.2, 0.25) is 11.8 Å². The molecule has 1 aromatic carbocycles. The molecule has 190 valence electrons. The number of primary amides is 1. The first kappa shape index (κ1) is 24.4. The average Bonchev–Trinajstić information content (AvgIpc) is 3.59. The number of hydrogen-bond donors (Lipinski definition) is 1. The van der Waals surface area contributed by atoms with Crippen LogP contribution in [0.3, 0.4) is 0 Å². The second-order valence-electron chi connectivity index (χ2n) is 11.2. The zero-order chi connectivity index (χ0) is 24.7. The van der Waals surface area contributed by atoms with E-state index in [1.807, 2.05) is 12.1 Å². The van der Waals surface area contributed by atoms with Gasteiger partial charge in [-0.25, -0.2) is 0 Å².